The summed E-state index contributed by atoms with van der Waals surface area (Å²) < 4.78 is 20.4. The van der Waals surface area contributed by atoms with Gasteiger partial charge >= 0.3 is 6.03 Å². The summed E-state index contributed by atoms with van der Waals surface area (Å²) in [4.78, 5) is 27.8. The molecule has 1 saturated carbocycles. The zero-order valence-electron chi connectivity index (χ0n) is 13.8. The van der Waals surface area contributed by atoms with Crippen molar-refractivity contribution in [2.45, 2.75) is 57.1 Å². The van der Waals surface area contributed by atoms with Gasteiger partial charge in [-0.2, -0.15) is 0 Å². The van der Waals surface area contributed by atoms with Crippen molar-refractivity contribution < 1.29 is 18.7 Å². The first-order valence-electron chi connectivity index (χ1n) is 8.86. The van der Waals surface area contributed by atoms with Crippen LogP contribution in [0, 0.1) is 5.82 Å². The van der Waals surface area contributed by atoms with E-state index >= 15 is 0 Å². The SMILES string of the molecule is O=C1C2CCCCN2C(=O)N1c1cc(OC2CCCC2)c(Cl)cc1F. The molecule has 0 bridgehead atoms. The van der Waals surface area contributed by atoms with Crippen LogP contribution in [0.2, 0.25) is 5.02 Å². The Morgan fingerprint density at radius 1 is 1.08 bits per heavy atom. The summed E-state index contributed by atoms with van der Waals surface area (Å²) in [5.74, 6) is -0.724. The van der Waals surface area contributed by atoms with Gasteiger partial charge in [-0.1, -0.05) is 11.6 Å². The summed E-state index contributed by atoms with van der Waals surface area (Å²) in [6.07, 6.45) is 6.48. The molecular weight excluding hydrogens is 347 g/mol. The number of rotatable bonds is 3. The maximum Gasteiger partial charge on any atom is 0.332 e. The molecule has 2 saturated heterocycles. The first-order chi connectivity index (χ1) is 12.1. The molecule has 0 radical (unpaired) electrons. The molecular formula is C18H20ClFN2O3. The molecule has 1 aliphatic carbocycles. The van der Waals surface area contributed by atoms with E-state index in [9.17, 15) is 14.0 Å². The van der Waals surface area contributed by atoms with E-state index in [4.69, 9.17) is 16.3 Å². The summed E-state index contributed by atoms with van der Waals surface area (Å²) in [5.41, 5.74) is -0.0678. The van der Waals surface area contributed by atoms with Crippen molar-refractivity contribution in [1.29, 1.82) is 0 Å². The van der Waals surface area contributed by atoms with Gasteiger partial charge in [0.15, 0.2) is 0 Å². The van der Waals surface area contributed by atoms with Crippen LogP contribution >= 0.6 is 11.6 Å². The van der Waals surface area contributed by atoms with Gasteiger partial charge in [0.05, 0.1) is 16.8 Å². The molecule has 0 spiro atoms. The number of piperidine rings is 1. The number of ether oxygens (including phenoxy) is 1. The second-order valence-corrected chi connectivity index (χ2v) is 7.33. The van der Waals surface area contributed by atoms with Gasteiger partial charge < -0.3 is 9.64 Å². The zero-order chi connectivity index (χ0) is 17.6. The fourth-order valence-corrected chi connectivity index (χ4v) is 4.17. The van der Waals surface area contributed by atoms with Gasteiger partial charge in [-0.3, -0.25) is 4.79 Å². The predicted octanol–water partition coefficient (Wildman–Crippen LogP) is 4.12. The number of hydrogen-bond donors (Lipinski definition) is 0. The van der Waals surface area contributed by atoms with Gasteiger partial charge in [-0.15, -0.1) is 0 Å². The topological polar surface area (TPSA) is 49.9 Å². The van der Waals surface area contributed by atoms with Crippen LogP contribution < -0.4 is 9.64 Å². The summed E-state index contributed by atoms with van der Waals surface area (Å²) in [6, 6.07) is 1.58. The average Bonchev–Trinajstić information content (AvgIpc) is 3.19. The van der Waals surface area contributed by atoms with Crippen LogP contribution in [-0.4, -0.2) is 35.5 Å². The van der Waals surface area contributed by atoms with Crippen LogP contribution in [0.25, 0.3) is 0 Å². The molecule has 3 aliphatic rings. The van der Waals surface area contributed by atoms with Crippen LogP contribution in [0.1, 0.15) is 44.9 Å². The van der Waals surface area contributed by atoms with E-state index in [1.165, 1.54) is 11.0 Å². The molecule has 3 amide bonds. The lowest BCUT2D eigenvalue weighted by molar-refractivity contribution is -0.120. The minimum absolute atomic E-state index is 0.0483. The van der Waals surface area contributed by atoms with Gasteiger partial charge in [-0.25, -0.2) is 14.1 Å². The van der Waals surface area contributed by atoms with Crippen molar-refractivity contribution in [3.8, 4) is 5.75 Å². The Balaban J connectivity index is 1.67. The number of benzene rings is 1. The number of urea groups is 1. The van der Waals surface area contributed by atoms with Crippen molar-refractivity contribution in [1.82, 2.24) is 4.90 Å². The first kappa shape index (κ1) is 16.6. The van der Waals surface area contributed by atoms with E-state index in [1.54, 1.807) is 0 Å². The van der Waals surface area contributed by atoms with Gasteiger partial charge in [0.2, 0.25) is 0 Å². The van der Waals surface area contributed by atoms with Crippen molar-refractivity contribution in [3.05, 3.63) is 23.0 Å². The van der Waals surface area contributed by atoms with Gasteiger partial charge in [0.1, 0.15) is 17.6 Å². The van der Waals surface area contributed by atoms with E-state index in [1.807, 2.05) is 0 Å². The molecule has 25 heavy (non-hydrogen) atoms. The third-order valence-corrected chi connectivity index (χ3v) is 5.58. The molecule has 1 aromatic carbocycles. The standard InChI is InChI=1S/C18H20ClFN2O3/c19-12-9-13(20)15(10-16(12)25-11-5-1-2-6-11)22-17(23)14-7-3-4-8-21(14)18(22)24/h9-11,14H,1-8H2. The fraction of sp³-hybridized carbons (Fsp3) is 0.556. The Morgan fingerprint density at radius 2 is 1.80 bits per heavy atom. The number of imide groups is 1. The van der Waals surface area contributed by atoms with E-state index in [-0.39, 0.29) is 22.7 Å². The first-order valence-corrected chi connectivity index (χ1v) is 9.24. The molecule has 2 heterocycles. The lowest BCUT2D eigenvalue weighted by Gasteiger charge is -2.26. The van der Waals surface area contributed by atoms with E-state index in [2.05, 4.69) is 0 Å². The maximum atomic E-state index is 14.5. The molecule has 3 fully saturated rings. The second-order valence-electron chi connectivity index (χ2n) is 6.92. The fourth-order valence-electron chi connectivity index (χ4n) is 3.98. The number of hydrogen-bond acceptors (Lipinski definition) is 3. The summed E-state index contributed by atoms with van der Waals surface area (Å²) >= 11 is 6.12. The Hall–Kier alpha value is -1.82. The Morgan fingerprint density at radius 3 is 2.52 bits per heavy atom. The molecule has 0 N–H and O–H groups in total. The number of anilines is 1. The van der Waals surface area contributed by atoms with Crippen molar-refractivity contribution in [3.63, 3.8) is 0 Å². The summed E-state index contributed by atoms with van der Waals surface area (Å²) in [6.45, 7) is 0.534. The molecule has 1 unspecified atom stereocenters. The quantitative estimate of drug-likeness (QED) is 0.756. The minimum Gasteiger partial charge on any atom is -0.489 e. The number of fused-ring (bicyclic) bond motifs is 1. The molecule has 2 aliphatic heterocycles. The number of halogens is 2. The normalized spacial score (nSPS) is 24.2. The monoisotopic (exact) mass is 366 g/mol. The molecule has 7 heteroatoms. The highest BCUT2D eigenvalue weighted by molar-refractivity contribution is 6.32. The molecule has 134 valence electrons. The lowest BCUT2D eigenvalue weighted by Crippen LogP contribution is -2.39. The molecule has 1 atom stereocenters. The lowest BCUT2D eigenvalue weighted by atomic mass is 10.0. The van der Waals surface area contributed by atoms with Gasteiger partial charge in [0.25, 0.3) is 5.91 Å². The van der Waals surface area contributed by atoms with Gasteiger partial charge in [0, 0.05) is 12.6 Å². The summed E-state index contributed by atoms with van der Waals surface area (Å²) in [7, 11) is 0. The number of nitrogens with zero attached hydrogens (tertiary/aromatic N) is 2. The molecule has 5 nitrogen and oxygen atoms in total. The zero-order valence-corrected chi connectivity index (χ0v) is 14.6. The van der Waals surface area contributed by atoms with Crippen molar-refractivity contribution in [2.24, 2.45) is 0 Å². The number of carbonyl (C=O) groups excluding carboxylic acids is 2. The van der Waals surface area contributed by atoms with Crippen LogP contribution in [0.5, 0.6) is 5.75 Å². The Bertz CT molecular complexity index is 697. The predicted molar refractivity (Wildman–Crippen MR) is 91.5 cm³/mol. The molecule has 1 aromatic rings. The van der Waals surface area contributed by atoms with E-state index < -0.39 is 17.9 Å². The van der Waals surface area contributed by atoms with E-state index in [0.29, 0.717) is 18.7 Å². The largest absolute Gasteiger partial charge is 0.489 e. The maximum absolute atomic E-state index is 14.5. The van der Waals surface area contributed by atoms with Crippen LogP contribution in [0.3, 0.4) is 0 Å². The summed E-state index contributed by atoms with van der Waals surface area (Å²) in [5, 5.41) is 0.157. The molecule has 4 rings (SSSR count). The van der Waals surface area contributed by atoms with Crippen LogP contribution in [-0.2, 0) is 4.79 Å². The second kappa shape index (κ2) is 6.48. The highest BCUT2D eigenvalue weighted by Gasteiger charge is 2.47. The van der Waals surface area contributed by atoms with Crippen LogP contribution in [0.4, 0.5) is 14.9 Å². The number of amides is 3. The van der Waals surface area contributed by atoms with Gasteiger partial charge in [-0.05, 0) is 51.0 Å². The highest BCUT2D eigenvalue weighted by atomic mass is 35.5. The number of carbonyl (C=O) groups is 2. The van der Waals surface area contributed by atoms with Crippen LogP contribution in [0.15, 0.2) is 12.1 Å². The smallest absolute Gasteiger partial charge is 0.332 e. The minimum atomic E-state index is -0.690. The van der Waals surface area contributed by atoms with Crippen molar-refractivity contribution >= 4 is 29.2 Å². The Kier molecular flexibility index (Phi) is 4.31. The third kappa shape index (κ3) is 2.86. The third-order valence-electron chi connectivity index (χ3n) is 5.28. The highest BCUT2D eigenvalue weighted by Crippen LogP contribution is 2.38. The molecule has 0 aromatic heterocycles. The Labute approximate surface area is 150 Å². The van der Waals surface area contributed by atoms with Crippen molar-refractivity contribution in [2.75, 3.05) is 11.4 Å². The average molecular weight is 367 g/mol. The van der Waals surface area contributed by atoms with E-state index in [0.717, 1.165) is 49.5 Å².